The van der Waals surface area contributed by atoms with E-state index >= 15 is 0 Å². The summed E-state index contributed by atoms with van der Waals surface area (Å²) in [5.74, 6) is 0. The molecule has 0 amide bonds. The predicted molar refractivity (Wildman–Crippen MR) is 163 cm³/mol. The maximum absolute atomic E-state index is 6.42. The Morgan fingerprint density at radius 2 is 0.865 bits per heavy atom. The van der Waals surface area contributed by atoms with Gasteiger partial charge in [0.25, 0.3) is 0 Å². The van der Waals surface area contributed by atoms with E-state index < -0.39 is 0 Å². The van der Waals surface area contributed by atoms with Crippen LogP contribution in [0.2, 0.25) is 0 Å². The first-order chi connectivity index (χ1) is 18.2. The van der Waals surface area contributed by atoms with Gasteiger partial charge in [0.15, 0.2) is 0 Å². The van der Waals surface area contributed by atoms with Crippen molar-refractivity contribution in [2.24, 2.45) is 0 Å². The Hall–Kier alpha value is -2.80. The third kappa shape index (κ3) is 6.38. The third-order valence-corrected chi connectivity index (χ3v) is 8.15. The van der Waals surface area contributed by atoms with Gasteiger partial charge in [0.05, 0.1) is 0 Å². The highest BCUT2D eigenvalue weighted by molar-refractivity contribution is 6.13. The van der Waals surface area contributed by atoms with E-state index in [1.54, 1.807) is 0 Å². The molecule has 0 aliphatic heterocycles. The van der Waals surface area contributed by atoms with E-state index in [1.165, 1.54) is 133 Å². The molecule has 0 aliphatic carbocycles. The minimum atomic E-state index is 1.00. The van der Waals surface area contributed by atoms with Crippen LogP contribution in [0.3, 0.4) is 0 Å². The van der Waals surface area contributed by atoms with E-state index in [0.29, 0.717) is 0 Å². The van der Waals surface area contributed by atoms with Crippen molar-refractivity contribution in [3.63, 3.8) is 0 Å². The molecule has 1 nitrogen and oxygen atoms in total. The summed E-state index contributed by atoms with van der Waals surface area (Å²) >= 11 is 0. The van der Waals surface area contributed by atoms with Crippen LogP contribution in [0.1, 0.15) is 102 Å². The number of rotatable bonds is 14. The molecule has 0 unspecified atom stereocenters. The fourth-order valence-corrected chi connectivity index (χ4v) is 5.89. The van der Waals surface area contributed by atoms with Crippen molar-refractivity contribution in [1.29, 1.82) is 0 Å². The van der Waals surface area contributed by atoms with Gasteiger partial charge in [-0.15, -0.1) is 0 Å². The van der Waals surface area contributed by atoms with Crippen molar-refractivity contribution in [3.8, 4) is 0 Å². The minimum Gasteiger partial charge on any atom is -0.456 e. The topological polar surface area (TPSA) is 13.1 Å². The first kappa shape index (κ1) is 25.8. The zero-order valence-electron chi connectivity index (χ0n) is 23.1. The van der Waals surface area contributed by atoms with E-state index in [1.807, 2.05) is 0 Å². The van der Waals surface area contributed by atoms with E-state index in [0.717, 1.165) is 11.2 Å². The summed E-state index contributed by atoms with van der Waals surface area (Å²) in [6.45, 7) is 4.56. The van der Waals surface area contributed by atoms with Gasteiger partial charge in [-0.2, -0.15) is 0 Å². The molecule has 0 radical (unpaired) electrons. The SMILES string of the molecule is CCCCCCCCc1ccc2cc3c(cc2c1)oc1cc2cc(CCCCCCCC)ccc2cc13. The summed E-state index contributed by atoms with van der Waals surface area (Å²) in [4.78, 5) is 0. The zero-order chi connectivity index (χ0) is 25.5. The number of fused-ring (bicyclic) bond motifs is 5. The molecule has 1 aromatic heterocycles. The number of hydrogen-bond donors (Lipinski definition) is 0. The standard InChI is InChI=1S/C36H44O/c1-3-5-7-9-11-13-15-27-17-19-29-23-33-34-24-30-20-18-28(16-14-12-10-8-6-4-2)22-32(30)26-36(34)37-35(33)25-31(29)21-27/h17-26H,3-16H2,1-2H3. The molecule has 0 N–H and O–H groups in total. The molecule has 5 aromatic rings. The molecule has 0 fully saturated rings. The van der Waals surface area contributed by atoms with Crippen LogP contribution in [0, 0.1) is 0 Å². The van der Waals surface area contributed by atoms with Crippen LogP contribution in [0.5, 0.6) is 0 Å². The van der Waals surface area contributed by atoms with Crippen LogP contribution in [0.15, 0.2) is 65.1 Å². The van der Waals surface area contributed by atoms with Crippen LogP contribution in [0.25, 0.3) is 43.5 Å². The molecule has 5 rings (SSSR count). The average Bonchev–Trinajstić information content (AvgIpc) is 3.25. The maximum Gasteiger partial charge on any atom is 0.136 e. The van der Waals surface area contributed by atoms with Crippen LogP contribution >= 0.6 is 0 Å². The van der Waals surface area contributed by atoms with Crippen molar-refractivity contribution in [1.82, 2.24) is 0 Å². The smallest absolute Gasteiger partial charge is 0.136 e. The van der Waals surface area contributed by atoms with E-state index in [2.05, 4.69) is 74.5 Å². The lowest BCUT2D eigenvalue weighted by Crippen LogP contribution is -1.87. The van der Waals surface area contributed by atoms with Crippen LogP contribution < -0.4 is 0 Å². The molecule has 0 saturated heterocycles. The van der Waals surface area contributed by atoms with Gasteiger partial charge in [0, 0.05) is 10.8 Å². The summed E-state index contributed by atoms with van der Waals surface area (Å²) in [5.41, 5.74) is 4.90. The number of benzene rings is 4. The molecule has 194 valence electrons. The van der Waals surface area contributed by atoms with Crippen molar-refractivity contribution in [2.75, 3.05) is 0 Å². The summed E-state index contributed by atoms with van der Waals surface area (Å²) in [6, 6.07) is 23.2. The Bertz CT molecular complexity index is 1340. The van der Waals surface area contributed by atoms with E-state index in [9.17, 15) is 0 Å². The fourth-order valence-electron chi connectivity index (χ4n) is 5.89. The first-order valence-corrected chi connectivity index (χ1v) is 15.1. The van der Waals surface area contributed by atoms with Crippen molar-refractivity contribution < 1.29 is 4.42 Å². The predicted octanol–water partition coefficient (Wildman–Crippen LogP) is 11.7. The maximum atomic E-state index is 6.42. The lowest BCUT2D eigenvalue weighted by Gasteiger charge is -2.05. The normalized spacial score (nSPS) is 11.9. The average molecular weight is 493 g/mol. The summed E-state index contributed by atoms with van der Waals surface area (Å²) in [6.07, 6.45) is 18.5. The first-order valence-electron chi connectivity index (χ1n) is 15.1. The van der Waals surface area contributed by atoms with E-state index in [4.69, 9.17) is 4.42 Å². The van der Waals surface area contributed by atoms with Crippen LogP contribution in [-0.4, -0.2) is 0 Å². The Morgan fingerprint density at radius 1 is 0.432 bits per heavy atom. The highest BCUT2D eigenvalue weighted by atomic mass is 16.3. The van der Waals surface area contributed by atoms with Gasteiger partial charge in [-0.25, -0.2) is 0 Å². The Balaban J connectivity index is 1.33. The number of unbranched alkanes of at least 4 members (excludes halogenated alkanes) is 10. The van der Waals surface area contributed by atoms with Gasteiger partial charge in [-0.05, 0) is 82.6 Å². The Labute approximate surface area is 223 Å². The largest absolute Gasteiger partial charge is 0.456 e. The van der Waals surface area contributed by atoms with Gasteiger partial charge >= 0.3 is 0 Å². The molecule has 37 heavy (non-hydrogen) atoms. The molecule has 0 saturated carbocycles. The lowest BCUT2D eigenvalue weighted by molar-refractivity contribution is 0.607. The molecular weight excluding hydrogens is 448 g/mol. The van der Waals surface area contributed by atoms with Crippen LogP contribution in [-0.2, 0) is 12.8 Å². The van der Waals surface area contributed by atoms with Crippen molar-refractivity contribution >= 4 is 43.5 Å². The van der Waals surface area contributed by atoms with Crippen LogP contribution in [0.4, 0.5) is 0 Å². The van der Waals surface area contributed by atoms with Gasteiger partial charge in [0.1, 0.15) is 11.2 Å². The number of furan rings is 1. The third-order valence-electron chi connectivity index (χ3n) is 8.15. The lowest BCUT2D eigenvalue weighted by atomic mass is 9.98. The molecule has 0 aliphatic rings. The summed E-state index contributed by atoms with van der Waals surface area (Å²) in [7, 11) is 0. The van der Waals surface area contributed by atoms with Gasteiger partial charge in [-0.1, -0.05) is 114 Å². The second-order valence-electron chi connectivity index (χ2n) is 11.2. The zero-order valence-corrected chi connectivity index (χ0v) is 23.1. The molecule has 4 aromatic carbocycles. The molecule has 0 bridgehead atoms. The van der Waals surface area contributed by atoms with Crippen molar-refractivity contribution in [2.45, 2.75) is 104 Å². The highest BCUT2D eigenvalue weighted by Gasteiger charge is 2.11. The quantitative estimate of drug-likeness (QED) is 0.140. The second kappa shape index (κ2) is 12.6. The van der Waals surface area contributed by atoms with Crippen molar-refractivity contribution in [3.05, 3.63) is 71.8 Å². The highest BCUT2D eigenvalue weighted by Crippen LogP contribution is 2.35. The molecule has 1 heterocycles. The summed E-state index contributed by atoms with van der Waals surface area (Å²) in [5, 5.41) is 7.64. The van der Waals surface area contributed by atoms with Gasteiger partial charge in [0.2, 0.25) is 0 Å². The molecule has 1 heteroatoms. The second-order valence-corrected chi connectivity index (χ2v) is 11.2. The Morgan fingerprint density at radius 3 is 1.32 bits per heavy atom. The Kier molecular flexibility index (Phi) is 8.82. The number of hydrogen-bond acceptors (Lipinski definition) is 1. The van der Waals surface area contributed by atoms with E-state index in [-0.39, 0.29) is 0 Å². The number of aryl methyl sites for hydroxylation is 2. The molecule has 0 spiro atoms. The fraction of sp³-hybridized carbons (Fsp3) is 0.444. The monoisotopic (exact) mass is 492 g/mol. The van der Waals surface area contributed by atoms with Gasteiger partial charge in [-0.3, -0.25) is 0 Å². The minimum absolute atomic E-state index is 1.00. The molecular formula is C36H44O. The molecule has 0 atom stereocenters. The van der Waals surface area contributed by atoms with Gasteiger partial charge < -0.3 is 4.42 Å². The summed E-state index contributed by atoms with van der Waals surface area (Å²) < 4.78 is 6.42.